The van der Waals surface area contributed by atoms with Crippen LogP contribution in [0.15, 0.2) is 0 Å². The summed E-state index contributed by atoms with van der Waals surface area (Å²) in [6.07, 6.45) is 55.6. The van der Waals surface area contributed by atoms with Crippen molar-refractivity contribution in [1.29, 1.82) is 0 Å². The summed E-state index contributed by atoms with van der Waals surface area (Å²) in [5.74, 6) is 0.953. The lowest BCUT2D eigenvalue weighted by atomic mass is 10.0. The summed E-state index contributed by atoms with van der Waals surface area (Å²) in [5, 5.41) is 10.6. The summed E-state index contributed by atoms with van der Waals surface area (Å²) in [4.78, 5) is 73.0. The number of esters is 4. The first-order valence-electron chi connectivity index (χ1n) is 41.2. The first-order chi connectivity index (χ1) is 47.6. The Morgan fingerprint density at radius 1 is 0.253 bits per heavy atom. The molecule has 0 spiro atoms. The van der Waals surface area contributed by atoms with Gasteiger partial charge in [-0.15, -0.1) is 0 Å². The normalized spacial score (nSPS) is 14.1. The van der Waals surface area contributed by atoms with Gasteiger partial charge in [0.2, 0.25) is 0 Å². The minimum absolute atomic E-state index is 0.105. The van der Waals surface area contributed by atoms with Gasteiger partial charge in [-0.25, -0.2) is 9.13 Å². The Balaban J connectivity index is 5.23. The number of phosphoric acid groups is 2. The van der Waals surface area contributed by atoms with E-state index in [2.05, 4.69) is 55.4 Å². The first kappa shape index (κ1) is 97.1. The van der Waals surface area contributed by atoms with E-state index in [-0.39, 0.29) is 25.7 Å². The van der Waals surface area contributed by atoms with Crippen molar-refractivity contribution < 1.29 is 80.2 Å². The lowest BCUT2D eigenvalue weighted by molar-refractivity contribution is -0.161. The smallest absolute Gasteiger partial charge is 0.462 e. The Labute approximate surface area is 607 Å². The van der Waals surface area contributed by atoms with Gasteiger partial charge in [-0.2, -0.15) is 0 Å². The number of phosphoric ester groups is 2. The molecule has 0 aromatic heterocycles. The number of rotatable bonds is 77. The largest absolute Gasteiger partial charge is 0.472 e. The fourth-order valence-electron chi connectivity index (χ4n) is 12.3. The summed E-state index contributed by atoms with van der Waals surface area (Å²) >= 11 is 0. The van der Waals surface area contributed by atoms with Crippen LogP contribution in [0.25, 0.3) is 0 Å². The van der Waals surface area contributed by atoms with Crippen molar-refractivity contribution in [2.45, 2.75) is 427 Å². The van der Waals surface area contributed by atoms with Gasteiger partial charge in [-0.1, -0.05) is 357 Å². The minimum Gasteiger partial charge on any atom is -0.462 e. The Morgan fingerprint density at radius 3 is 0.626 bits per heavy atom. The zero-order valence-electron chi connectivity index (χ0n) is 65.1. The van der Waals surface area contributed by atoms with Crippen LogP contribution >= 0.6 is 15.6 Å². The van der Waals surface area contributed by atoms with Crippen LogP contribution in [-0.4, -0.2) is 96.7 Å². The lowest BCUT2D eigenvalue weighted by Crippen LogP contribution is -2.30. The predicted molar refractivity (Wildman–Crippen MR) is 404 cm³/mol. The molecule has 0 radical (unpaired) electrons. The Kier molecular flexibility index (Phi) is 67.8. The van der Waals surface area contributed by atoms with E-state index in [0.29, 0.717) is 25.7 Å². The van der Waals surface area contributed by atoms with Gasteiger partial charge in [0.05, 0.1) is 26.4 Å². The molecule has 17 nitrogen and oxygen atoms in total. The Hall–Kier alpha value is -1.94. The molecule has 19 heteroatoms. The second-order valence-electron chi connectivity index (χ2n) is 30.7. The average Bonchev–Trinajstić information content (AvgIpc) is 0.944. The highest BCUT2D eigenvalue weighted by atomic mass is 31.2. The molecule has 0 aliphatic rings. The first-order valence-corrected chi connectivity index (χ1v) is 44.2. The van der Waals surface area contributed by atoms with Crippen LogP contribution in [0.5, 0.6) is 0 Å². The number of aliphatic hydroxyl groups is 1. The zero-order valence-corrected chi connectivity index (χ0v) is 66.9. The minimum atomic E-state index is -4.96. The molecule has 0 aliphatic carbocycles. The number of carbonyl (C=O) groups is 4. The summed E-state index contributed by atoms with van der Waals surface area (Å²) in [6.45, 7) is 14.2. The molecule has 0 aliphatic heterocycles. The van der Waals surface area contributed by atoms with Crippen molar-refractivity contribution in [3.63, 3.8) is 0 Å². The van der Waals surface area contributed by atoms with Gasteiger partial charge in [-0.05, 0) is 49.4 Å². The SMILES string of the molecule is CC(C)CCCCCCCCCCCCCCCCCCCCC(=O)O[C@H](COC(=O)CCCCCCCCCCCCCC(C)C)COP(=O)(O)OCC(O)COP(=O)(O)OC[C@@H](COC(=O)CCCCCCCCCCC(C)C)OC(=O)CCCCCCCCCCCCC(C)C. The molecular weight excluding hydrogens is 1290 g/mol. The van der Waals surface area contributed by atoms with E-state index in [1.807, 2.05) is 0 Å². The monoisotopic (exact) mass is 1450 g/mol. The van der Waals surface area contributed by atoms with Crippen LogP contribution in [0, 0.1) is 23.7 Å². The van der Waals surface area contributed by atoms with Gasteiger partial charge in [0.15, 0.2) is 12.2 Å². The number of unbranched alkanes of at least 4 members (excludes halogenated alkanes) is 43. The molecule has 0 heterocycles. The van der Waals surface area contributed by atoms with E-state index >= 15 is 0 Å². The third-order valence-corrected chi connectivity index (χ3v) is 20.5. The van der Waals surface area contributed by atoms with Crippen molar-refractivity contribution in [3.05, 3.63) is 0 Å². The molecule has 0 bridgehead atoms. The molecule has 99 heavy (non-hydrogen) atoms. The molecular formula is C80H156O17P2. The summed E-state index contributed by atoms with van der Waals surface area (Å²) in [5.41, 5.74) is 0. The van der Waals surface area contributed by atoms with Gasteiger partial charge < -0.3 is 33.8 Å². The third-order valence-electron chi connectivity index (χ3n) is 18.6. The van der Waals surface area contributed by atoms with Crippen molar-refractivity contribution in [1.82, 2.24) is 0 Å². The van der Waals surface area contributed by atoms with Gasteiger partial charge in [0, 0.05) is 25.7 Å². The van der Waals surface area contributed by atoms with Crippen molar-refractivity contribution in [2.24, 2.45) is 23.7 Å². The Bertz CT molecular complexity index is 1940. The van der Waals surface area contributed by atoms with Crippen molar-refractivity contribution >= 4 is 39.5 Å². The molecule has 0 saturated heterocycles. The Morgan fingerprint density at radius 2 is 0.424 bits per heavy atom. The van der Waals surface area contributed by atoms with Crippen LogP contribution in [0.1, 0.15) is 409 Å². The highest BCUT2D eigenvalue weighted by molar-refractivity contribution is 7.47. The van der Waals surface area contributed by atoms with Gasteiger partial charge >= 0.3 is 39.5 Å². The molecule has 0 amide bonds. The fraction of sp³-hybridized carbons (Fsp3) is 0.950. The van der Waals surface area contributed by atoms with Crippen LogP contribution in [0.4, 0.5) is 0 Å². The maximum Gasteiger partial charge on any atom is 0.472 e. The number of carbonyl (C=O) groups excluding carboxylic acids is 4. The quantitative estimate of drug-likeness (QED) is 0.0222. The standard InChI is InChI=1S/C80H156O17P2/c1-70(2)56-48-40-32-24-18-15-13-11-9-10-12-14-16-20-28-38-46-54-62-79(84)96-75(66-90-77(82)60-52-44-36-27-21-17-19-25-33-41-49-57-71(3)4)68-94-98(86,87)92-64-74(81)65-93-99(88,89)95-69-76(67-91-78(83)61-53-45-37-31-30-35-43-51-59-73(7)8)97-80(85)63-55-47-39-29-23-22-26-34-42-50-58-72(5)6/h70-76,81H,9-69H2,1-8H3,(H,86,87)(H,88,89)/t74?,75-,76-/m1/s1. The van der Waals surface area contributed by atoms with Gasteiger partial charge in [-0.3, -0.25) is 37.3 Å². The van der Waals surface area contributed by atoms with E-state index < -0.39 is 97.5 Å². The molecule has 0 fully saturated rings. The fourth-order valence-corrected chi connectivity index (χ4v) is 13.8. The highest BCUT2D eigenvalue weighted by Gasteiger charge is 2.30. The van der Waals surface area contributed by atoms with Crippen LogP contribution < -0.4 is 0 Å². The number of hydrogen-bond acceptors (Lipinski definition) is 15. The summed E-state index contributed by atoms with van der Waals surface area (Å²) < 4.78 is 68.7. The second kappa shape index (κ2) is 69.1. The predicted octanol–water partition coefficient (Wildman–Crippen LogP) is 23.6. The van der Waals surface area contributed by atoms with Gasteiger partial charge in [0.1, 0.15) is 19.3 Å². The molecule has 588 valence electrons. The van der Waals surface area contributed by atoms with E-state index in [9.17, 15) is 43.2 Å². The summed E-state index contributed by atoms with van der Waals surface area (Å²) in [7, 11) is -9.92. The van der Waals surface area contributed by atoms with Crippen LogP contribution in [0.3, 0.4) is 0 Å². The van der Waals surface area contributed by atoms with E-state index in [1.54, 1.807) is 0 Å². The maximum atomic E-state index is 13.1. The van der Waals surface area contributed by atoms with Crippen molar-refractivity contribution in [3.8, 4) is 0 Å². The summed E-state index contributed by atoms with van der Waals surface area (Å²) in [6, 6.07) is 0. The highest BCUT2D eigenvalue weighted by Crippen LogP contribution is 2.45. The average molecular weight is 1450 g/mol. The van der Waals surface area contributed by atoms with Gasteiger partial charge in [0.25, 0.3) is 0 Å². The molecule has 0 rings (SSSR count). The molecule has 0 saturated carbocycles. The van der Waals surface area contributed by atoms with Crippen molar-refractivity contribution in [2.75, 3.05) is 39.6 Å². The molecule has 0 aromatic carbocycles. The molecule has 0 aromatic rings. The number of aliphatic hydroxyl groups excluding tert-OH is 1. The second-order valence-corrected chi connectivity index (χ2v) is 33.6. The topological polar surface area (TPSA) is 237 Å². The van der Waals surface area contributed by atoms with E-state index in [4.69, 9.17) is 37.0 Å². The van der Waals surface area contributed by atoms with Crippen LogP contribution in [0.2, 0.25) is 0 Å². The van der Waals surface area contributed by atoms with Crippen LogP contribution in [-0.2, 0) is 65.4 Å². The number of ether oxygens (including phenoxy) is 4. The van der Waals surface area contributed by atoms with E-state index in [1.165, 1.54) is 212 Å². The lowest BCUT2D eigenvalue weighted by Gasteiger charge is -2.21. The van der Waals surface area contributed by atoms with E-state index in [0.717, 1.165) is 114 Å². The maximum absolute atomic E-state index is 13.1. The zero-order chi connectivity index (χ0) is 73.1. The number of hydrogen-bond donors (Lipinski definition) is 3. The molecule has 5 atom stereocenters. The molecule has 3 unspecified atom stereocenters. The molecule has 3 N–H and O–H groups in total. The third kappa shape index (κ3) is 74.1.